The van der Waals surface area contributed by atoms with E-state index in [9.17, 15) is 13.2 Å². The number of aromatic nitrogens is 2. The van der Waals surface area contributed by atoms with Crippen LogP contribution in [0.2, 0.25) is 0 Å². The highest BCUT2D eigenvalue weighted by atomic mass is 32.1. The van der Waals surface area contributed by atoms with Crippen LogP contribution in [-0.4, -0.2) is 22.7 Å². The molecule has 0 unspecified atom stereocenters. The van der Waals surface area contributed by atoms with Crippen molar-refractivity contribution in [3.63, 3.8) is 0 Å². The molecule has 0 saturated heterocycles. The van der Waals surface area contributed by atoms with Crippen LogP contribution in [0.5, 0.6) is 0 Å². The van der Waals surface area contributed by atoms with E-state index in [1.165, 1.54) is 4.88 Å². The number of unbranched alkanes of at least 4 members (excludes halogenated alkanes) is 1. The number of nitrogens with two attached hydrogens (primary N) is 1. The van der Waals surface area contributed by atoms with Crippen LogP contribution in [0.4, 0.5) is 24.9 Å². The van der Waals surface area contributed by atoms with Crippen LogP contribution in [0.25, 0.3) is 10.2 Å². The Morgan fingerprint density at radius 3 is 2.71 bits per heavy atom. The van der Waals surface area contributed by atoms with Gasteiger partial charge in [0.1, 0.15) is 10.6 Å². The molecule has 0 radical (unpaired) electrons. The molecule has 0 saturated carbocycles. The van der Waals surface area contributed by atoms with Gasteiger partial charge in [-0.2, -0.15) is 18.2 Å². The lowest BCUT2D eigenvalue weighted by Crippen LogP contribution is -2.09. The lowest BCUT2D eigenvalue weighted by molar-refractivity contribution is -0.135. The van der Waals surface area contributed by atoms with E-state index in [0.717, 1.165) is 16.6 Å². The number of hydrogen-bond acceptors (Lipinski definition) is 5. The summed E-state index contributed by atoms with van der Waals surface area (Å²) in [7, 11) is 0. The molecule has 8 heteroatoms. The van der Waals surface area contributed by atoms with Crippen molar-refractivity contribution in [2.24, 2.45) is 0 Å². The molecule has 2 heterocycles. The molecule has 116 valence electrons. The minimum atomic E-state index is -4.09. The zero-order valence-electron chi connectivity index (χ0n) is 11.6. The molecular weight excluding hydrogens is 301 g/mol. The maximum absolute atomic E-state index is 12.1. The average molecular weight is 318 g/mol. The number of halogens is 3. The molecule has 3 N–H and O–H groups in total. The minimum Gasteiger partial charge on any atom is -0.369 e. The van der Waals surface area contributed by atoms with Crippen molar-refractivity contribution in [1.82, 2.24) is 9.97 Å². The fourth-order valence-corrected chi connectivity index (χ4v) is 2.93. The maximum Gasteiger partial charge on any atom is 0.389 e. The molecule has 0 spiro atoms. The summed E-state index contributed by atoms with van der Waals surface area (Å²) in [5.41, 5.74) is 5.66. The molecule has 4 nitrogen and oxygen atoms in total. The smallest absolute Gasteiger partial charge is 0.369 e. The van der Waals surface area contributed by atoms with E-state index in [4.69, 9.17) is 5.73 Å². The summed E-state index contributed by atoms with van der Waals surface area (Å²) < 4.78 is 36.2. The molecule has 21 heavy (non-hydrogen) atoms. The van der Waals surface area contributed by atoms with Gasteiger partial charge in [-0.05, 0) is 25.3 Å². The van der Waals surface area contributed by atoms with Crippen LogP contribution in [0.3, 0.4) is 0 Å². The number of thiophene rings is 1. The minimum absolute atomic E-state index is 0.101. The van der Waals surface area contributed by atoms with E-state index < -0.39 is 12.6 Å². The summed E-state index contributed by atoms with van der Waals surface area (Å²) in [6.07, 6.45) is -3.42. The van der Waals surface area contributed by atoms with Crippen LogP contribution in [-0.2, 0) is 6.42 Å². The van der Waals surface area contributed by atoms with E-state index >= 15 is 0 Å². The van der Waals surface area contributed by atoms with Crippen LogP contribution in [0.1, 0.15) is 31.1 Å². The molecule has 0 bridgehead atoms. The van der Waals surface area contributed by atoms with Crippen molar-refractivity contribution in [3.05, 3.63) is 10.9 Å². The Balaban J connectivity index is 1.99. The second-order valence-electron chi connectivity index (χ2n) is 4.71. The molecule has 0 aliphatic carbocycles. The topological polar surface area (TPSA) is 63.8 Å². The molecule has 0 amide bonds. The predicted molar refractivity (Wildman–Crippen MR) is 79.6 cm³/mol. The monoisotopic (exact) mass is 318 g/mol. The highest BCUT2D eigenvalue weighted by Crippen LogP contribution is 2.30. The molecule has 2 rings (SSSR count). The summed E-state index contributed by atoms with van der Waals surface area (Å²) in [5, 5.41) is 3.94. The van der Waals surface area contributed by atoms with Gasteiger partial charge < -0.3 is 11.1 Å². The fourth-order valence-electron chi connectivity index (χ4n) is 1.95. The molecule has 2 aromatic heterocycles. The lowest BCUT2D eigenvalue weighted by Gasteiger charge is -2.08. The number of aryl methyl sites for hydroxylation is 1. The SMILES string of the molecule is CCc1cc2c(NCCCCC(F)(F)F)nc(N)nc2s1. The molecular formula is C13H17F3N4S. The summed E-state index contributed by atoms with van der Waals surface area (Å²) in [5.74, 6) is 0.769. The van der Waals surface area contributed by atoms with E-state index in [2.05, 4.69) is 15.3 Å². The van der Waals surface area contributed by atoms with Gasteiger partial charge in [-0.1, -0.05) is 6.92 Å². The molecule has 0 atom stereocenters. The second kappa shape index (κ2) is 6.46. The Labute approximate surface area is 124 Å². The normalized spacial score (nSPS) is 12.0. The first-order valence-corrected chi connectivity index (χ1v) is 7.57. The van der Waals surface area contributed by atoms with Gasteiger partial charge in [0.15, 0.2) is 0 Å². The molecule has 0 aromatic carbocycles. The predicted octanol–water partition coefficient (Wildman–Crippen LogP) is 3.98. The third-order valence-electron chi connectivity index (χ3n) is 2.99. The van der Waals surface area contributed by atoms with Gasteiger partial charge in [-0.3, -0.25) is 0 Å². The summed E-state index contributed by atoms with van der Waals surface area (Å²) in [6.45, 7) is 2.48. The van der Waals surface area contributed by atoms with Crippen LogP contribution in [0, 0.1) is 0 Å². The molecule has 0 aliphatic heterocycles. The third kappa shape index (κ3) is 4.45. The number of nitrogens with one attached hydrogen (secondary N) is 1. The van der Waals surface area contributed by atoms with E-state index in [1.807, 2.05) is 13.0 Å². The van der Waals surface area contributed by atoms with E-state index in [1.54, 1.807) is 11.3 Å². The number of anilines is 2. The summed E-state index contributed by atoms with van der Waals surface area (Å²) in [6, 6.07) is 2.00. The highest BCUT2D eigenvalue weighted by Gasteiger charge is 2.25. The van der Waals surface area contributed by atoms with Gasteiger partial charge in [-0.15, -0.1) is 11.3 Å². The highest BCUT2D eigenvalue weighted by molar-refractivity contribution is 7.18. The Hall–Kier alpha value is -1.57. The number of nitrogens with zero attached hydrogens (tertiary/aromatic N) is 2. The van der Waals surface area contributed by atoms with Gasteiger partial charge >= 0.3 is 6.18 Å². The number of nitrogen functional groups attached to an aromatic ring is 1. The van der Waals surface area contributed by atoms with Crippen molar-refractivity contribution in [2.75, 3.05) is 17.6 Å². The zero-order chi connectivity index (χ0) is 15.5. The lowest BCUT2D eigenvalue weighted by atomic mass is 10.2. The van der Waals surface area contributed by atoms with Crippen molar-refractivity contribution in [3.8, 4) is 0 Å². The number of hydrogen-bond donors (Lipinski definition) is 2. The first kappa shape index (κ1) is 15.8. The van der Waals surface area contributed by atoms with Crippen molar-refractivity contribution >= 4 is 33.3 Å². The summed E-state index contributed by atoms with van der Waals surface area (Å²) >= 11 is 1.55. The number of fused-ring (bicyclic) bond motifs is 1. The fraction of sp³-hybridized carbons (Fsp3) is 0.538. The average Bonchev–Trinajstić information content (AvgIpc) is 2.79. The summed E-state index contributed by atoms with van der Waals surface area (Å²) in [4.78, 5) is 10.3. The Bertz CT molecular complexity index is 609. The standard InChI is InChI=1S/C13H17F3N4S/c1-2-8-7-9-10(19-12(17)20-11(9)21-8)18-6-4-3-5-13(14,15)16/h7H,2-6H2,1H3,(H3,17,18,19,20). The van der Waals surface area contributed by atoms with Crippen molar-refractivity contribution in [2.45, 2.75) is 38.8 Å². The number of alkyl halides is 3. The Kier molecular flexibility index (Phi) is 4.87. The third-order valence-corrected chi connectivity index (χ3v) is 4.16. The maximum atomic E-state index is 12.1. The number of rotatable bonds is 6. The zero-order valence-corrected chi connectivity index (χ0v) is 12.4. The van der Waals surface area contributed by atoms with Gasteiger partial charge in [0.05, 0.1) is 5.39 Å². The van der Waals surface area contributed by atoms with Gasteiger partial charge in [0.25, 0.3) is 0 Å². The largest absolute Gasteiger partial charge is 0.389 e. The Morgan fingerprint density at radius 1 is 1.29 bits per heavy atom. The van der Waals surface area contributed by atoms with Crippen LogP contribution < -0.4 is 11.1 Å². The van der Waals surface area contributed by atoms with Gasteiger partial charge in [0.2, 0.25) is 5.95 Å². The van der Waals surface area contributed by atoms with Crippen LogP contribution in [0.15, 0.2) is 6.07 Å². The molecule has 0 fully saturated rings. The first-order valence-electron chi connectivity index (χ1n) is 6.75. The Morgan fingerprint density at radius 2 is 2.05 bits per heavy atom. The van der Waals surface area contributed by atoms with Gasteiger partial charge in [0, 0.05) is 17.8 Å². The second-order valence-corrected chi connectivity index (χ2v) is 5.83. The van der Waals surface area contributed by atoms with Crippen LogP contribution >= 0.6 is 11.3 Å². The van der Waals surface area contributed by atoms with Crippen molar-refractivity contribution in [1.29, 1.82) is 0 Å². The van der Waals surface area contributed by atoms with Gasteiger partial charge in [-0.25, -0.2) is 4.98 Å². The quantitative estimate of drug-likeness (QED) is 0.791. The first-order chi connectivity index (χ1) is 9.89. The van der Waals surface area contributed by atoms with Crippen molar-refractivity contribution < 1.29 is 13.2 Å². The van der Waals surface area contributed by atoms with E-state index in [0.29, 0.717) is 18.8 Å². The van der Waals surface area contributed by atoms with E-state index in [-0.39, 0.29) is 12.4 Å². The molecule has 0 aliphatic rings. The molecule has 2 aromatic rings.